The van der Waals surface area contributed by atoms with Gasteiger partial charge in [0.05, 0.1) is 21.4 Å². The molecule has 0 radical (unpaired) electrons. The molecule has 0 unspecified atom stereocenters. The maximum absolute atomic E-state index is 13.1. The second kappa shape index (κ2) is 13.5. The minimum absolute atomic E-state index is 0.00483. The molecule has 2 N–H and O–H groups in total. The summed E-state index contributed by atoms with van der Waals surface area (Å²) in [6.07, 6.45) is -3.33. The molecule has 1 aliphatic rings. The van der Waals surface area contributed by atoms with E-state index in [0.29, 0.717) is 27.6 Å². The number of nitrogens with zero attached hydrogens (tertiary/aromatic N) is 5. The van der Waals surface area contributed by atoms with Gasteiger partial charge in [-0.2, -0.15) is 27.4 Å². The van der Waals surface area contributed by atoms with E-state index in [1.165, 1.54) is 36.6 Å². The van der Waals surface area contributed by atoms with E-state index in [2.05, 4.69) is 15.0 Å². The Bertz CT molecular complexity index is 1760. The molecule has 0 amide bonds. The van der Waals surface area contributed by atoms with Gasteiger partial charge in [0.25, 0.3) is 5.92 Å². The van der Waals surface area contributed by atoms with Crippen LogP contribution >= 0.6 is 22.9 Å². The average molecular weight is 692 g/mol. The molecule has 0 bridgehead atoms. The summed E-state index contributed by atoms with van der Waals surface area (Å²) in [4.78, 5) is 25.2. The number of alkyl halides is 5. The number of carboxylic acids is 1. The molecule has 18 heteroatoms. The molecule has 0 aliphatic carbocycles. The topological polar surface area (TPSA) is 140 Å². The number of aliphatic carboxylic acids is 1. The maximum Gasteiger partial charge on any atom is 0.416 e. The fraction of sp³-hybridized carbons (Fsp3) is 0.333. The van der Waals surface area contributed by atoms with Gasteiger partial charge in [-0.05, 0) is 35.9 Å². The molecule has 0 spiro atoms. The van der Waals surface area contributed by atoms with E-state index in [1.807, 2.05) is 0 Å². The molecular formula is C27H25ClF5N6O4S2-. The first-order valence-electron chi connectivity index (χ1n) is 13.1. The number of piperazine rings is 1. The number of benzene rings is 2. The molecule has 5 rings (SSSR count). The normalized spacial score (nSPS) is 16.4. The number of hydrogen-bond acceptors (Lipinski definition) is 8. The van der Waals surface area contributed by atoms with Crippen molar-refractivity contribution in [3.8, 4) is 0 Å². The van der Waals surface area contributed by atoms with Crippen LogP contribution in [-0.2, 0) is 33.5 Å². The lowest BCUT2D eigenvalue weighted by atomic mass is 10.0. The van der Waals surface area contributed by atoms with E-state index in [9.17, 15) is 40.3 Å². The molecule has 0 saturated carbocycles. The number of nitrogens with one attached hydrogen (secondary N) is 1. The number of aromatic nitrogens is 3. The second-order valence-electron chi connectivity index (χ2n) is 9.69. The van der Waals surface area contributed by atoms with Crippen LogP contribution < -0.4 is 4.90 Å². The van der Waals surface area contributed by atoms with Gasteiger partial charge in [0.1, 0.15) is 6.04 Å². The number of anilines is 1. The first-order valence-corrected chi connectivity index (χ1v) is 15.8. The molecule has 2 aromatic carbocycles. The molecule has 2 aromatic heterocycles. The van der Waals surface area contributed by atoms with Gasteiger partial charge in [0.2, 0.25) is 15.3 Å². The monoisotopic (exact) mass is 691 g/mol. The Kier molecular flexibility index (Phi) is 10.3. The van der Waals surface area contributed by atoms with E-state index in [0.717, 1.165) is 22.0 Å². The molecule has 1 fully saturated rings. The van der Waals surface area contributed by atoms with E-state index in [4.69, 9.17) is 17.3 Å². The third-order valence-electron chi connectivity index (χ3n) is 6.81. The van der Waals surface area contributed by atoms with Crippen molar-refractivity contribution in [1.29, 1.82) is 0 Å². The van der Waals surface area contributed by atoms with Crippen LogP contribution in [0, 0.1) is 0 Å². The van der Waals surface area contributed by atoms with Crippen molar-refractivity contribution in [1.82, 2.24) is 19.3 Å². The highest BCUT2D eigenvalue weighted by molar-refractivity contribution is 7.89. The Hall–Kier alpha value is -3.51. The summed E-state index contributed by atoms with van der Waals surface area (Å²) in [7, 11) is -4.35. The lowest BCUT2D eigenvalue weighted by Gasteiger charge is -2.38. The molecule has 10 nitrogen and oxygen atoms in total. The molecule has 1 aliphatic heterocycles. The maximum atomic E-state index is 13.1. The van der Waals surface area contributed by atoms with Crippen molar-refractivity contribution < 1.29 is 40.3 Å². The molecular weight excluding hydrogens is 667 g/mol. The van der Waals surface area contributed by atoms with Crippen LogP contribution in [0.25, 0.3) is 16.1 Å². The summed E-state index contributed by atoms with van der Waals surface area (Å²) < 4.78 is 91.9. The number of carbonyl (C=O) groups is 1. The largest absolute Gasteiger partial charge is 0.674 e. The summed E-state index contributed by atoms with van der Waals surface area (Å²) in [6, 6.07) is 7.40. The number of rotatable bonds is 7. The van der Waals surface area contributed by atoms with Gasteiger partial charge in [-0.25, -0.2) is 22.2 Å². The van der Waals surface area contributed by atoms with Gasteiger partial charge >= 0.3 is 12.1 Å². The zero-order valence-corrected chi connectivity index (χ0v) is 25.7. The Morgan fingerprint density at radius 1 is 1.04 bits per heavy atom. The summed E-state index contributed by atoms with van der Waals surface area (Å²) in [5.74, 6) is -4.13. The standard InChI is InChI=1S/C17H13ClF3N5O4S2.C10H12F2N/c18-15-22-7-12-13(23-15)24-16(31-12)25-5-6-26(11(8-25)14(27)28)32(29,30)10-3-1-9(2-4-10)17(19,20)21;1-2-10(11,12)9-5-3-8(7-13)4-6-9/h1-4,7,11H,5-6,8H2,(H,27,28);3-6,13H,2,7H2,1H3/q;-1/t11-;/m1./s1. The number of halogens is 6. The minimum Gasteiger partial charge on any atom is -0.674 e. The van der Waals surface area contributed by atoms with E-state index >= 15 is 0 Å². The van der Waals surface area contributed by atoms with E-state index in [1.54, 1.807) is 17.0 Å². The zero-order chi connectivity index (χ0) is 33.2. The summed E-state index contributed by atoms with van der Waals surface area (Å²) >= 11 is 6.95. The lowest BCUT2D eigenvalue weighted by Crippen LogP contribution is -2.58. The Balaban J connectivity index is 0.000000297. The van der Waals surface area contributed by atoms with Crippen LogP contribution in [0.4, 0.5) is 27.1 Å². The van der Waals surface area contributed by atoms with Gasteiger partial charge in [0.15, 0.2) is 10.8 Å². The number of fused-ring (bicyclic) bond motifs is 1. The highest BCUT2D eigenvalue weighted by atomic mass is 35.5. The van der Waals surface area contributed by atoms with Crippen molar-refractivity contribution in [3.63, 3.8) is 0 Å². The quantitative estimate of drug-likeness (QED) is 0.172. The lowest BCUT2D eigenvalue weighted by molar-refractivity contribution is -0.141. The molecule has 3 heterocycles. The van der Waals surface area contributed by atoms with E-state index in [-0.39, 0.29) is 43.4 Å². The third-order valence-corrected chi connectivity index (χ3v) is 9.95. The van der Waals surface area contributed by atoms with Gasteiger partial charge < -0.3 is 15.7 Å². The molecule has 1 atom stereocenters. The van der Waals surface area contributed by atoms with Gasteiger partial charge in [-0.15, -0.1) is 6.54 Å². The van der Waals surface area contributed by atoms with Gasteiger partial charge in [-0.3, -0.25) is 4.79 Å². The number of hydrogen-bond donors (Lipinski definition) is 1. The number of thiazole rings is 1. The Morgan fingerprint density at radius 2 is 1.67 bits per heavy atom. The van der Waals surface area contributed by atoms with Gasteiger partial charge in [-0.1, -0.05) is 48.1 Å². The fourth-order valence-electron chi connectivity index (χ4n) is 4.29. The fourth-order valence-corrected chi connectivity index (χ4v) is 6.90. The van der Waals surface area contributed by atoms with Gasteiger partial charge in [0, 0.05) is 31.6 Å². The predicted molar refractivity (Wildman–Crippen MR) is 158 cm³/mol. The smallest absolute Gasteiger partial charge is 0.416 e. The van der Waals surface area contributed by atoms with E-state index < -0.39 is 44.6 Å². The molecule has 45 heavy (non-hydrogen) atoms. The van der Waals surface area contributed by atoms with Crippen LogP contribution in [0.1, 0.15) is 30.0 Å². The highest BCUT2D eigenvalue weighted by Crippen LogP contribution is 2.33. The average Bonchev–Trinajstić information content (AvgIpc) is 3.44. The van der Waals surface area contributed by atoms with Crippen molar-refractivity contribution in [2.75, 3.05) is 24.5 Å². The SMILES string of the molecule is CCC(F)(F)c1ccc(C[NH-])cc1.O=C(O)[C@H]1CN(c2nc3nc(Cl)ncc3s2)CCN1S(=O)(=O)c1ccc(C(F)(F)F)cc1. The first-order chi connectivity index (χ1) is 21.1. The minimum atomic E-state index is -4.62. The predicted octanol–water partition coefficient (Wildman–Crippen LogP) is 6.46. The second-order valence-corrected chi connectivity index (χ2v) is 12.9. The summed E-state index contributed by atoms with van der Waals surface area (Å²) in [6.45, 7) is 1.29. The third kappa shape index (κ3) is 7.84. The number of sulfonamides is 1. The van der Waals surface area contributed by atoms with Crippen molar-refractivity contribution in [2.24, 2.45) is 0 Å². The van der Waals surface area contributed by atoms with Crippen LogP contribution in [0.5, 0.6) is 0 Å². The number of carboxylic acid groups (broad SMARTS) is 1. The van der Waals surface area contributed by atoms with Crippen molar-refractivity contribution >= 4 is 54.4 Å². The Morgan fingerprint density at radius 3 is 2.22 bits per heavy atom. The summed E-state index contributed by atoms with van der Waals surface area (Å²) in [5, 5.41) is 10.1. The zero-order valence-electron chi connectivity index (χ0n) is 23.3. The highest BCUT2D eigenvalue weighted by Gasteiger charge is 2.41. The van der Waals surface area contributed by atoms with Crippen LogP contribution in [0.3, 0.4) is 0 Å². The first kappa shape index (κ1) is 34.4. The van der Waals surface area contributed by atoms with Crippen molar-refractivity contribution in [3.05, 3.63) is 82.4 Å². The summed E-state index contributed by atoms with van der Waals surface area (Å²) in [5.41, 5.74) is 7.15. The Labute approximate surface area is 263 Å². The molecule has 242 valence electrons. The van der Waals surface area contributed by atoms with Crippen molar-refractivity contribution in [2.45, 2.75) is 42.9 Å². The molecule has 4 aromatic rings. The van der Waals surface area contributed by atoms with Crippen LogP contribution in [0.15, 0.2) is 59.6 Å². The molecule has 1 saturated heterocycles. The van der Waals surface area contributed by atoms with Crippen LogP contribution in [0.2, 0.25) is 5.28 Å². The van der Waals surface area contributed by atoms with Crippen LogP contribution in [-0.4, -0.2) is 64.4 Å².